The van der Waals surface area contributed by atoms with E-state index in [4.69, 9.17) is 4.74 Å². The molecule has 0 N–H and O–H groups in total. The van der Waals surface area contributed by atoms with Gasteiger partial charge in [0.1, 0.15) is 11.5 Å². The van der Waals surface area contributed by atoms with Crippen LogP contribution in [0.1, 0.15) is 78.4 Å². The van der Waals surface area contributed by atoms with Crippen molar-refractivity contribution in [2.24, 2.45) is 5.41 Å². The van der Waals surface area contributed by atoms with Gasteiger partial charge in [-0.05, 0) is 37.1 Å². The van der Waals surface area contributed by atoms with Crippen LogP contribution in [0.15, 0.2) is 103 Å². The van der Waals surface area contributed by atoms with Crippen LogP contribution in [0.3, 0.4) is 0 Å². The van der Waals surface area contributed by atoms with E-state index in [-0.39, 0.29) is 22.3 Å². The molecule has 0 saturated carbocycles. The number of carbonyl (C=O) groups excluding carboxylic acids is 4. The Morgan fingerprint density at radius 2 is 1.02 bits per heavy atom. The molecule has 1 heterocycles. The van der Waals surface area contributed by atoms with E-state index in [1.165, 1.54) is 0 Å². The lowest BCUT2D eigenvalue weighted by Gasteiger charge is -2.35. The number of carbonyl (C=O) groups is 4. The van der Waals surface area contributed by atoms with Crippen LogP contribution >= 0.6 is 0 Å². The number of Topliss-reactive ketones (excluding diaryl/α,β-unsaturated/α-hetero) is 4. The lowest BCUT2D eigenvalue weighted by Crippen LogP contribution is -2.51. The van der Waals surface area contributed by atoms with E-state index in [1.54, 1.807) is 72.8 Å². The number of hydrogen-bond acceptors (Lipinski definition) is 6. The molecule has 2 spiro atoms. The van der Waals surface area contributed by atoms with Gasteiger partial charge in [-0.3, -0.25) is 19.2 Å². The molecule has 0 unspecified atom stereocenters. The lowest BCUT2D eigenvalue weighted by molar-refractivity contribution is -0.0210. The van der Waals surface area contributed by atoms with E-state index in [1.807, 2.05) is 30.3 Å². The Bertz CT molecular complexity index is 1700. The molecule has 2 aliphatic carbocycles. The highest BCUT2D eigenvalue weighted by molar-refractivity contribution is 6.37. The van der Waals surface area contributed by atoms with Crippen molar-refractivity contribution in [3.8, 4) is 0 Å². The second-order valence-electron chi connectivity index (χ2n) is 11.1. The summed E-state index contributed by atoms with van der Waals surface area (Å²) in [6, 6.07) is 29.9. The molecule has 4 aromatic carbocycles. The molecule has 42 heavy (non-hydrogen) atoms. The molecule has 0 aromatic heterocycles. The van der Waals surface area contributed by atoms with Crippen molar-refractivity contribution < 1.29 is 23.9 Å². The summed E-state index contributed by atoms with van der Waals surface area (Å²) in [5, 5.41) is 0. The van der Waals surface area contributed by atoms with E-state index in [0.717, 1.165) is 18.8 Å². The predicted octanol–water partition coefficient (Wildman–Crippen LogP) is 6.27. The SMILES string of the molecule is CCN(CC)c1ccc([C@@H]2C3(O[C@H](c4ccccc4)C24C(=O)c2ccccc2C4=O)C(=O)c2ccccc2C3=O)cc1. The van der Waals surface area contributed by atoms with E-state index >= 15 is 0 Å². The Kier molecular flexibility index (Phi) is 5.89. The maximum atomic E-state index is 14.8. The van der Waals surface area contributed by atoms with Crippen molar-refractivity contribution in [1.82, 2.24) is 0 Å². The standard InChI is InChI=1S/C36H29NO5/c1-3-37(4-2)24-20-18-22(19-21-24)29-35(30(38)25-14-8-9-15-26(25)31(35)39)34(23-12-6-5-7-13-23)42-36(29)32(40)27-16-10-11-17-28(27)33(36)41/h5-21,29,34H,3-4H2,1-2H3/t29-,34+/m0/s1. The third kappa shape index (κ3) is 3.18. The van der Waals surface area contributed by atoms with Crippen LogP contribution < -0.4 is 4.90 Å². The molecular formula is C36H29NO5. The Morgan fingerprint density at radius 1 is 0.571 bits per heavy atom. The lowest BCUT2D eigenvalue weighted by atomic mass is 9.60. The first-order valence-corrected chi connectivity index (χ1v) is 14.4. The molecule has 4 aromatic rings. The average Bonchev–Trinajstić information content (AvgIpc) is 3.56. The monoisotopic (exact) mass is 555 g/mol. The number of hydrogen-bond donors (Lipinski definition) is 0. The zero-order valence-electron chi connectivity index (χ0n) is 23.4. The van der Waals surface area contributed by atoms with Gasteiger partial charge in [-0.2, -0.15) is 0 Å². The molecule has 3 aliphatic rings. The molecule has 6 heteroatoms. The molecule has 7 rings (SSSR count). The molecule has 0 radical (unpaired) electrons. The molecule has 1 fully saturated rings. The van der Waals surface area contributed by atoms with E-state index in [2.05, 4.69) is 18.7 Å². The van der Waals surface area contributed by atoms with E-state index in [0.29, 0.717) is 11.1 Å². The average molecular weight is 556 g/mol. The van der Waals surface area contributed by atoms with Gasteiger partial charge in [0.2, 0.25) is 17.2 Å². The van der Waals surface area contributed by atoms with Crippen molar-refractivity contribution in [1.29, 1.82) is 0 Å². The van der Waals surface area contributed by atoms with Gasteiger partial charge in [0.05, 0.1) is 5.92 Å². The van der Waals surface area contributed by atoms with Crippen LogP contribution in [0.25, 0.3) is 0 Å². The van der Waals surface area contributed by atoms with Crippen molar-refractivity contribution in [3.63, 3.8) is 0 Å². The van der Waals surface area contributed by atoms with Gasteiger partial charge in [0.25, 0.3) is 0 Å². The fraction of sp³-hybridized carbons (Fsp3) is 0.222. The number of nitrogens with zero attached hydrogens (tertiary/aromatic N) is 1. The number of benzene rings is 4. The van der Waals surface area contributed by atoms with Crippen LogP contribution in [0.5, 0.6) is 0 Å². The summed E-state index contributed by atoms with van der Waals surface area (Å²) in [6.45, 7) is 5.73. The summed E-state index contributed by atoms with van der Waals surface area (Å²) >= 11 is 0. The van der Waals surface area contributed by atoms with Gasteiger partial charge in [0, 0.05) is 41.0 Å². The van der Waals surface area contributed by atoms with Gasteiger partial charge in [-0.25, -0.2) is 0 Å². The van der Waals surface area contributed by atoms with Crippen LogP contribution in [0, 0.1) is 5.41 Å². The Labute approximate surface area is 243 Å². The second-order valence-corrected chi connectivity index (χ2v) is 11.1. The molecule has 2 atom stereocenters. The molecule has 6 nitrogen and oxygen atoms in total. The fourth-order valence-electron chi connectivity index (χ4n) is 7.42. The van der Waals surface area contributed by atoms with E-state index in [9.17, 15) is 19.2 Å². The number of ether oxygens (including phenoxy) is 1. The van der Waals surface area contributed by atoms with Gasteiger partial charge in [-0.15, -0.1) is 0 Å². The minimum atomic E-state index is -2.09. The third-order valence-electron chi connectivity index (χ3n) is 9.30. The highest BCUT2D eigenvalue weighted by Gasteiger charge is 2.79. The molecular weight excluding hydrogens is 526 g/mol. The summed E-state index contributed by atoms with van der Waals surface area (Å²) < 4.78 is 6.75. The van der Waals surface area contributed by atoms with Crippen LogP contribution in [0.2, 0.25) is 0 Å². The molecule has 208 valence electrons. The topological polar surface area (TPSA) is 80.8 Å². The molecule has 0 bridgehead atoms. The van der Waals surface area contributed by atoms with Crippen LogP contribution in [0.4, 0.5) is 5.69 Å². The number of anilines is 1. The first-order chi connectivity index (χ1) is 20.4. The van der Waals surface area contributed by atoms with Gasteiger partial charge in [0.15, 0.2) is 11.6 Å². The Morgan fingerprint density at radius 3 is 1.50 bits per heavy atom. The maximum Gasteiger partial charge on any atom is 0.204 e. The summed E-state index contributed by atoms with van der Waals surface area (Å²) in [6.07, 6.45) is -1.17. The van der Waals surface area contributed by atoms with Gasteiger partial charge in [-0.1, -0.05) is 91.0 Å². The minimum Gasteiger partial charge on any atom is -0.372 e. The zero-order chi connectivity index (χ0) is 29.2. The highest BCUT2D eigenvalue weighted by atomic mass is 16.5. The number of ketones is 4. The fourth-order valence-corrected chi connectivity index (χ4v) is 7.42. The summed E-state index contributed by atoms with van der Waals surface area (Å²) in [4.78, 5) is 60.7. The first-order valence-electron chi connectivity index (χ1n) is 14.4. The normalized spacial score (nSPS) is 21.3. The number of rotatable bonds is 5. The van der Waals surface area contributed by atoms with Crippen LogP contribution in [-0.2, 0) is 4.74 Å². The van der Waals surface area contributed by atoms with Gasteiger partial charge >= 0.3 is 0 Å². The highest BCUT2D eigenvalue weighted by Crippen LogP contribution is 2.67. The summed E-state index contributed by atoms with van der Waals surface area (Å²) in [5.41, 5.74) is -0.848. The largest absolute Gasteiger partial charge is 0.372 e. The number of fused-ring (bicyclic) bond motifs is 2. The minimum absolute atomic E-state index is 0.242. The Balaban J connectivity index is 1.54. The summed E-state index contributed by atoms with van der Waals surface area (Å²) in [7, 11) is 0. The Hall–Kier alpha value is -4.68. The molecule has 1 saturated heterocycles. The smallest absolute Gasteiger partial charge is 0.204 e. The summed E-state index contributed by atoms with van der Waals surface area (Å²) in [5.74, 6) is -3.09. The molecule has 0 amide bonds. The van der Waals surface area contributed by atoms with Crippen molar-refractivity contribution in [2.75, 3.05) is 18.0 Å². The maximum absolute atomic E-state index is 14.8. The third-order valence-corrected chi connectivity index (χ3v) is 9.30. The second kappa shape index (κ2) is 9.43. The van der Waals surface area contributed by atoms with E-state index < -0.39 is 46.2 Å². The van der Waals surface area contributed by atoms with Crippen LogP contribution in [-0.4, -0.2) is 41.8 Å². The van der Waals surface area contributed by atoms with Crippen molar-refractivity contribution in [3.05, 3.63) is 137 Å². The van der Waals surface area contributed by atoms with Gasteiger partial charge < -0.3 is 9.64 Å². The van der Waals surface area contributed by atoms with Crippen molar-refractivity contribution in [2.45, 2.75) is 31.5 Å². The zero-order valence-corrected chi connectivity index (χ0v) is 23.4. The first kappa shape index (κ1) is 26.2. The predicted molar refractivity (Wildman–Crippen MR) is 158 cm³/mol. The molecule has 1 aliphatic heterocycles. The quantitative estimate of drug-likeness (QED) is 0.270. The van der Waals surface area contributed by atoms with Crippen molar-refractivity contribution >= 4 is 28.8 Å².